The lowest BCUT2D eigenvalue weighted by molar-refractivity contribution is 0.102. The standard InChI is InChI=1S/C17H19FN4O/c1-12-15(16(23)21-14-7-5-13(18)6-8-14)11-19-17(20-12)22-9-3-2-4-10-22/h5-8,11H,2-4,9-10H2,1H3,(H,21,23). The van der Waals surface area contributed by atoms with E-state index in [4.69, 9.17) is 0 Å². The Morgan fingerprint density at radius 1 is 1.17 bits per heavy atom. The molecule has 5 nitrogen and oxygen atoms in total. The Morgan fingerprint density at radius 2 is 1.87 bits per heavy atom. The molecule has 0 radical (unpaired) electrons. The smallest absolute Gasteiger partial charge is 0.259 e. The van der Waals surface area contributed by atoms with E-state index in [1.807, 2.05) is 0 Å². The Labute approximate surface area is 134 Å². The Bertz CT molecular complexity index is 696. The number of rotatable bonds is 3. The second-order valence-electron chi connectivity index (χ2n) is 5.68. The Balaban J connectivity index is 1.74. The minimum absolute atomic E-state index is 0.292. The summed E-state index contributed by atoms with van der Waals surface area (Å²) >= 11 is 0. The van der Waals surface area contributed by atoms with Crippen molar-refractivity contribution in [2.45, 2.75) is 26.2 Å². The maximum atomic E-state index is 12.9. The fourth-order valence-electron chi connectivity index (χ4n) is 2.66. The predicted octanol–water partition coefficient (Wildman–Crippen LogP) is 3.17. The molecule has 0 spiro atoms. The van der Waals surface area contributed by atoms with E-state index in [2.05, 4.69) is 20.2 Å². The van der Waals surface area contributed by atoms with Crippen LogP contribution in [0, 0.1) is 12.7 Å². The van der Waals surface area contributed by atoms with E-state index in [0.717, 1.165) is 25.9 Å². The highest BCUT2D eigenvalue weighted by molar-refractivity contribution is 6.04. The van der Waals surface area contributed by atoms with Gasteiger partial charge >= 0.3 is 0 Å². The van der Waals surface area contributed by atoms with Gasteiger partial charge in [0.1, 0.15) is 5.82 Å². The molecule has 1 aromatic carbocycles. The molecule has 1 fully saturated rings. The molecule has 1 N–H and O–H groups in total. The normalized spacial score (nSPS) is 14.6. The third kappa shape index (κ3) is 3.64. The number of nitrogens with one attached hydrogen (secondary N) is 1. The maximum absolute atomic E-state index is 12.9. The summed E-state index contributed by atoms with van der Waals surface area (Å²) in [4.78, 5) is 23.3. The summed E-state index contributed by atoms with van der Waals surface area (Å²) in [6, 6.07) is 5.65. The molecule has 23 heavy (non-hydrogen) atoms. The monoisotopic (exact) mass is 314 g/mol. The van der Waals surface area contributed by atoms with Crippen LogP contribution in [-0.4, -0.2) is 29.0 Å². The number of piperidine rings is 1. The van der Waals surface area contributed by atoms with Gasteiger partial charge in [-0.1, -0.05) is 0 Å². The number of hydrogen-bond donors (Lipinski definition) is 1. The van der Waals surface area contributed by atoms with Gasteiger partial charge in [0.15, 0.2) is 0 Å². The number of amides is 1. The molecular weight excluding hydrogens is 295 g/mol. The number of carbonyl (C=O) groups excluding carboxylic acids is 1. The van der Waals surface area contributed by atoms with E-state index in [-0.39, 0.29) is 11.7 Å². The zero-order chi connectivity index (χ0) is 16.2. The van der Waals surface area contributed by atoms with Gasteiger partial charge in [-0.3, -0.25) is 4.79 Å². The highest BCUT2D eigenvalue weighted by atomic mass is 19.1. The van der Waals surface area contributed by atoms with Gasteiger partial charge in [-0.15, -0.1) is 0 Å². The summed E-state index contributed by atoms with van der Waals surface area (Å²) in [6.45, 7) is 3.72. The van der Waals surface area contributed by atoms with Gasteiger partial charge in [-0.25, -0.2) is 14.4 Å². The molecule has 0 saturated carbocycles. The topological polar surface area (TPSA) is 58.1 Å². The maximum Gasteiger partial charge on any atom is 0.259 e. The van der Waals surface area contributed by atoms with Crippen molar-refractivity contribution in [1.82, 2.24) is 9.97 Å². The second-order valence-corrected chi connectivity index (χ2v) is 5.68. The lowest BCUT2D eigenvalue weighted by Crippen LogP contribution is -2.31. The summed E-state index contributed by atoms with van der Waals surface area (Å²) in [5.74, 6) is 0.0493. The highest BCUT2D eigenvalue weighted by Gasteiger charge is 2.17. The van der Waals surface area contributed by atoms with Crippen LogP contribution in [-0.2, 0) is 0 Å². The molecule has 0 aliphatic carbocycles. The third-order valence-corrected chi connectivity index (χ3v) is 3.95. The number of aromatic nitrogens is 2. The lowest BCUT2D eigenvalue weighted by Gasteiger charge is -2.26. The number of hydrogen-bond acceptors (Lipinski definition) is 4. The zero-order valence-corrected chi connectivity index (χ0v) is 13.1. The van der Waals surface area contributed by atoms with Crippen LogP contribution in [0.5, 0.6) is 0 Å². The van der Waals surface area contributed by atoms with Crippen LogP contribution in [0.25, 0.3) is 0 Å². The molecule has 1 aromatic heterocycles. The van der Waals surface area contributed by atoms with Gasteiger partial charge in [0.25, 0.3) is 5.91 Å². The minimum atomic E-state index is -0.339. The average Bonchev–Trinajstić information content (AvgIpc) is 2.57. The Hall–Kier alpha value is -2.50. The summed E-state index contributed by atoms with van der Waals surface area (Å²) in [5, 5.41) is 2.73. The molecule has 120 valence electrons. The van der Waals surface area contributed by atoms with Crippen LogP contribution >= 0.6 is 0 Å². The molecule has 2 heterocycles. The minimum Gasteiger partial charge on any atom is -0.341 e. The summed E-state index contributed by atoms with van der Waals surface area (Å²) in [6.07, 6.45) is 5.10. The first-order valence-electron chi connectivity index (χ1n) is 7.79. The number of benzene rings is 1. The first kappa shape index (κ1) is 15.4. The van der Waals surface area contributed by atoms with E-state index < -0.39 is 0 Å². The van der Waals surface area contributed by atoms with Crippen molar-refractivity contribution in [3.63, 3.8) is 0 Å². The largest absolute Gasteiger partial charge is 0.341 e. The molecule has 0 bridgehead atoms. The summed E-state index contributed by atoms with van der Waals surface area (Å²) in [7, 11) is 0. The average molecular weight is 314 g/mol. The predicted molar refractivity (Wildman–Crippen MR) is 87.2 cm³/mol. The summed E-state index contributed by atoms with van der Waals surface area (Å²) < 4.78 is 12.9. The first-order valence-corrected chi connectivity index (χ1v) is 7.79. The van der Waals surface area contributed by atoms with Crippen molar-refractivity contribution in [3.05, 3.63) is 47.5 Å². The second kappa shape index (κ2) is 6.73. The van der Waals surface area contributed by atoms with Crippen molar-refractivity contribution >= 4 is 17.5 Å². The van der Waals surface area contributed by atoms with Crippen LogP contribution in [0.15, 0.2) is 30.5 Å². The highest BCUT2D eigenvalue weighted by Crippen LogP contribution is 2.18. The van der Waals surface area contributed by atoms with Gasteiger partial charge in [0.05, 0.1) is 11.3 Å². The fraction of sp³-hybridized carbons (Fsp3) is 0.353. The molecule has 3 rings (SSSR count). The van der Waals surface area contributed by atoms with E-state index in [9.17, 15) is 9.18 Å². The number of halogens is 1. The molecule has 1 saturated heterocycles. The number of aryl methyl sites for hydroxylation is 1. The van der Waals surface area contributed by atoms with Crippen molar-refractivity contribution in [3.8, 4) is 0 Å². The van der Waals surface area contributed by atoms with Gasteiger partial charge in [0, 0.05) is 25.0 Å². The van der Waals surface area contributed by atoms with Crippen LogP contribution < -0.4 is 10.2 Å². The SMILES string of the molecule is Cc1nc(N2CCCCC2)ncc1C(=O)Nc1ccc(F)cc1. The summed E-state index contributed by atoms with van der Waals surface area (Å²) in [5.41, 5.74) is 1.60. The first-order chi connectivity index (χ1) is 11.1. The molecular formula is C17H19FN4O. The van der Waals surface area contributed by atoms with E-state index in [1.165, 1.54) is 30.7 Å². The van der Waals surface area contributed by atoms with Gasteiger partial charge in [0.2, 0.25) is 5.95 Å². The van der Waals surface area contributed by atoms with Gasteiger partial charge < -0.3 is 10.2 Å². The number of anilines is 2. The molecule has 1 aliphatic rings. The van der Waals surface area contributed by atoms with Crippen LogP contribution in [0.2, 0.25) is 0 Å². The molecule has 6 heteroatoms. The van der Waals surface area contributed by atoms with Crippen LogP contribution in [0.3, 0.4) is 0 Å². The molecule has 1 amide bonds. The van der Waals surface area contributed by atoms with E-state index >= 15 is 0 Å². The van der Waals surface area contributed by atoms with E-state index in [1.54, 1.807) is 13.1 Å². The fourth-order valence-corrected chi connectivity index (χ4v) is 2.66. The van der Waals surface area contributed by atoms with Gasteiger partial charge in [-0.05, 0) is 50.5 Å². The quantitative estimate of drug-likeness (QED) is 0.945. The zero-order valence-electron chi connectivity index (χ0n) is 13.1. The Morgan fingerprint density at radius 3 is 2.52 bits per heavy atom. The van der Waals surface area contributed by atoms with Crippen LogP contribution in [0.1, 0.15) is 35.3 Å². The van der Waals surface area contributed by atoms with Crippen molar-refractivity contribution in [2.75, 3.05) is 23.3 Å². The number of carbonyl (C=O) groups is 1. The molecule has 2 aromatic rings. The van der Waals surface area contributed by atoms with Crippen molar-refractivity contribution in [1.29, 1.82) is 0 Å². The van der Waals surface area contributed by atoms with Gasteiger partial charge in [-0.2, -0.15) is 0 Å². The molecule has 0 atom stereocenters. The van der Waals surface area contributed by atoms with Crippen molar-refractivity contribution in [2.24, 2.45) is 0 Å². The van der Waals surface area contributed by atoms with Crippen molar-refractivity contribution < 1.29 is 9.18 Å². The Kier molecular flexibility index (Phi) is 4.50. The van der Waals surface area contributed by atoms with E-state index in [0.29, 0.717) is 22.9 Å². The molecule has 1 aliphatic heterocycles. The lowest BCUT2D eigenvalue weighted by atomic mass is 10.1. The van der Waals surface area contributed by atoms with Crippen LogP contribution in [0.4, 0.5) is 16.0 Å². The molecule has 0 unspecified atom stereocenters. The third-order valence-electron chi connectivity index (χ3n) is 3.95. The number of nitrogens with zero attached hydrogens (tertiary/aromatic N) is 3.